The average Bonchev–Trinajstić information content (AvgIpc) is 2.46. The minimum Gasteiger partial charge on any atom is -0.339 e. The normalized spacial score (nSPS) is 22.2. The molecule has 2 aliphatic heterocycles. The van der Waals surface area contributed by atoms with Crippen LogP contribution in [0.5, 0.6) is 0 Å². The second-order valence-corrected chi connectivity index (χ2v) is 8.76. The Kier molecular flexibility index (Phi) is 8.82. The van der Waals surface area contributed by atoms with Gasteiger partial charge in [-0.05, 0) is 39.8 Å². The van der Waals surface area contributed by atoms with E-state index in [-0.39, 0.29) is 30.7 Å². The summed E-state index contributed by atoms with van der Waals surface area (Å²) in [7, 11) is -3.41. The number of carbonyl (C=O) groups is 1. The topological polar surface area (TPSA) is 69.7 Å². The molecule has 1 N–H and O–H groups in total. The van der Waals surface area contributed by atoms with Crippen LogP contribution in [0.1, 0.15) is 26.7 Å². The highest BCUT2D eigenvalue weighted by atomic mass is 35.5. The van der Waals surface area contributed by atoms with Crippen LogP contribution < -0.4 is 5.32 Å². The maximum absolute atomic E-state index is 12.9. The van der Waals surface area contributed by atoms with E-state index in [0.717, 1.165) is 13.1 Å². The van der Waals surface area contributed by atoms with Crippen LogP contribution in [0.3, 0.4) is 0 Å². The van der Waals surface area contributed by atoms with E-state index in [4.69, 9.17) is 0 Å². The summed E-state index contributed by atoms with van der Waals surface area (Å²) < 4.78 is 23.3. The van der Waals surface area contributed by atoms with Gasteiger partial charge in [0.25, 0.3) is 0 Å². The molecule has 0 saturated carbocycles. The molecule has 0 aromatic carbocycles. The van der Waals surface area contributed by atoms with Crippen molar-refractivity contribution in [3.8, 4) is 0 Å². The van der Waals surface area contributed by atoms with Gasteiger partial charge in [-0.15, -0.1) is 24.8 Å². The van der Waals surface area contributed by atoms with E-state index in [1.165, 1.54) is 6.26 Å². The number of hydrogen-bond donors (Lipinski definition) is 1. The first-order valence-electron chi connectivity index (χ1n) is 7.72. The predicted molar refractivity (Wildman–Crippen MR) is 97.5 cm³/mol. The summed E-state index contributed by atoms with van der Waals surface area (Å²) in [6.07, 6.45) is 1.98. The van der Waals surface area contributed by atoms with Crippen molar-refractivity contribution in [3.05, 3.63) is 0 Å². The van der Waals surface area contributed by atoms with E-state index < -0.39 is 14.6 Å². The van der Waals surface area contributed by atoms with Crippen LogP contribution >= 0.6 is 24.8 Å². The number of piperazine rings is 1. The van der Waals surface area contributed by atoms with Gasteiger partial charge in [0.2, 0.25) is 5.91 Å². The van der Waals surface area contributed by atoms with E-state index in [1.807, 2.05) is 0 Å². The van der Waals surface area contributed by atoms with Gasteiger partial charge in [-0.2, -0.15) is 0 Å². The van der Waals surface area contributed by atoms with E-state index >= 15 is 0 Å². The molecule has 1 amide bonds. The van der Waals surface area contributed by atoms with Crippen LogP contribution in [-0.4, -0.2) is 80.4 Å². The van der Waals surface area contributed by atoms with Crippen molar-refractivity contribution in [1.29, 1.82) is 0 Å². The molecule has 2 aliphatic rings. The molecule has 2 rings (SSSR count). The van der Waals surface area contributed by atoms with Gasteiger partial charge in [0, 0.05) is 38.5 Å². The quantitative estimate of drug-likeness (QED) is 0.762. The van der Waals surface area contributed by atoms with Crippen molar-refractivity contribution in [2.45, 2.75) is 37.5 Å². The Labute approximate surface area is 152 Å². The summed E-state index contributed by atoms with van der Waals surface area (Å²) in [6.45, 7) is 8.35. The molecule has 0 bridgehead atoms. The monoisotopic (exact) mass is 389 g/mol. The fourth-order valence-electron chi connectivity index (χ4n) is 3.30. The SMILES string of the molecule is CC(C)N1CCN(C(=O)C2(S(C)(=O)=O)CCNCC2)CC1.Cl.Cl. The molecule has 0 spiro atoms. The number of nitrogens with one attached hydrogen (secondary N) is 1. The molecule has 6 nitrogen and oxygen atoms in total. The molecule has 0 atom stereocenters. The molecular weight excluding hydrogens is 361 g/mol. The van der Waals surface area contributed by atoms with Gasteiger partial charge in [-0.1, -0.05) is 0 Å². The van der Waals surface area contributed by atoms with Crippen molar-refractivity contribution in [3.63, 3.8) is 0 Å². The molecule has 2 heterocycles. The maximum atomic E-state index is 12.9. The van der Waals surface area contributed by atoms with Crippen LogP contribution in [0.15, 0.2) is 0 Å². The summed E-state index contributed by atoms with van der Waals surface area (Å²) in [5.41, 5.74) is 0. The van der Waals surface area contributed by atoms with Crippen molar-refractivity contribution in [2.24, 2.45) is 0 Å². The van der Waals surface area contributed by atoms with Crippen LogP contribution in [0.4, 0.5) is 0 Å². The minimum atomic E-state index is -3.41. The number of nitrogens with zero attached hydrogens (tertiary/aromatic N) is 2. The molecule has 0 unspecified atom stereocenters. The molecule has 0 aromatic heterocycles. The lowest BCUT2D eigenvalue weighted by molar-refractivity contribution is -0.136. The van der Waals surface area contributed by atoms with Gasteiger partial charge in [-0.3, -0.25) is 9.69 Å². The summed E-state index contributed by atoms with van der Waals surface area (Å²) in [4.78, 5) is 17.0. The lowest BCUT2D eigenvalue weighted by Gasteiger charge is -2.42. The molecule has 0 aliphatic carbocycles. The Morgan fingerprint density at radius 2 is 1.52 bits per heavy atom. The van der Waals surface area contributed by atoms with Crippen molar-refractivity contribution in [1.82, 2.24) is 15.1 Å². The summed E-state index contributed by atoms with van der Waals surface area (Å²) in [6, 6.07) is 0.463. The first kappa shape index (κ1) is 22.9. The Hall–Kier alpha value is -0.0800. The molecular formula is C14H29Cl2N3O3S. The lowest BCUT2D eigenvalue weighted by atomic mass is 9.94. The highest BCUT2D eigenvalue weighted by molar-refractivity contribution is 7.92. The fraction of sp³-hybridized carbons (Fsp3) is 0.929. The van der Waals surface area contributed by atoms with Crippen LogP contribution in [-0.2, 0) is 14.6 Å². The molecule has 0 aromatic rings. The third-order valence-electron chi connectivity index (χ3n) is 4.84. The fourth-order valence-corrected chi connectivity index (χ4v) is 4.70. The van der Waals surface area contributed by atoms with E-state index in [0.29, 0.717) is 45.1 Å². The molecule has 2 saturated heterocycles. The lowest BCUT2D eigenvalue weighted by Crippen LogP contribution is -2.61. The van der Waals surface area contributed by atoms with E-state index in [2.05, 4.69) is 24.1 Å². The highest BCUT2D eigenvalue weighted by Crippen LogP contribution is 2.30. The molecule has 23 heavy (non-hydrogen) atoms. The number of hydrogen-bond acceptors (Lipinski definition) is 5. The van der Waals surface area contributed by atoms with Crippen molar-refractivity contribution < 1.29 is 13.2 Å². The second-order valence-electron chi connectivity index (χ2n) is 6.44. The molecule has 138 valence electrons. The van der Waals surface area contributed by atoms with E-state index in [9.17, 15) is 13.2 Å². The highest BCUT2D eigenvalue weighted by Gasteiger charge is 2.50. The summed E-state index contributed by atoms with van der Waals surface area (Å²) in [5.74, 6) is -0.185. The van der Waals surface area contributed by atoms with E-state index in [1.54, 1.807) is 4.90 Å². The zero-order chi connectivity index (χ0) is 15.7. The number of sulfone groups is 1. The largest absolute Gasteiger partial charge is 0.339 e. The van der Waals surface area contributed by atoms with Crippen LogP contribution in [0.2, 0.25) is 0 Å². The van der Waals surface area contributed by atoms with Gasteiger partial charge in [-0.25, -0.2) is 8.42 Å². The van der Waals surface area contributed by atoms with Crippen molar-refractivity contribution >= 4 is 40.6 Å². The van der Waals surface area contributed by atoms with Crippen molar-refractivity contribution in [2.75, 3.05) is 45.5 Å². The smallest absolute Gasteiger partial charge is 0.244 e. The molecule has 0 radical (unpaired) electrons. The minimum absolute atomic E-state index is 0. The molecule has 9 heteroatoms. The first-order valence-corrected chi connectivity index (χ1v) is 9.61. The third kappa shape index (κ3) is 4.72. The number of piperidine rings is 1. The number of carbonyl (C=O) groups excluding carboxylic acids is 1. The Balaban J connectivity index is 0.00000242. The number of amides is 1. The first-order chi connectivity index (χ1) is 9.78. The third-order valence-corrected chi connectivity index (χ3v) is 6.84. The summed E-state index contributed by atoms with van der Waals surface area (Å²) >= 11 is 0. The second kappa shape index (κ2) is 8.85. The Morgan fingerprint density at radius 1 is 1.04 bits per heavy atom. The Bertz CT molecular complexity index is 485. The van der Waals surface area contributed by atoms with Gasteiger partial charge < -0.3 is 10.2 Å². The zero-order valence-corrected chi connectivity index (χ0v) is 16.5. The standard InChI is InChI=1S/C14H27N3O3S.2ClH/c1-12(2)16-8-10-17(11-9-16)13(18)14(21(3,19)20)4-6-15-7-5-14;;/h12,15H,4-11H2,1-3H3;2*1H. The zero-order valence-electron chi connectivity index (χ0n) is 14.1. The van der Waals surface area contributed by atoms with Gasteiger partial charge >= 0.3 is 0 Å². The molecule has 2 fully saturated rings. The van der Waals surface area contributed by atoms with Crippen LogP contribution in [0.25, 0.3) is 0 Å². The van der Waals surface area contributed by atoms with Gasteiger partial charge in [0.1, 0.15) is 0 Å². The predicted octanol–water partition coefficient (Wildman–Crippen LogP) is 0.549. The number of rotatable bonds is 3. The van der Waals surface area contributed by atoms with Gasteiger partial charge in [0.05, 0.1) is 0 Å². The average molecular weight is 390 g/mol. The summed E-state index contributed by atoms with van der Waals surface area (Å²) in [5, 5.41) is 3.15. The Morgan fingerprint density at radius 3 is 1.91 bits per heavy atom. The van der Waals surface area contributed by atoms with Gasteiger partial charge in [0.15, 0.2) is 14.6 Å². The van der Waals surface area contributed by atoms with Crippen LogP contribution in [0, 0.1) is 0 Å². The maximum Gasteiger partial charge on any atom is 0.244 e. The number of halogens is 2.